The van der Waals surface area contributed by atoms with E-state index in [-0.39, 0.29) is 5.54 Å². The molecular formula is C8H16N. The molecule has 0 heterocycles. The Balaban J connectivity index is 2.35. The molecule has 53 valence electrons. The van der Waals surface area contributed by atoms with Gasteiger partial charge in [-0.3, -0.25) is 5.73 Å². The Kier molecular flexibility index (Phi) is 1.80. The second-order valence-electron chi connectivity index (χ2n) is 3.74. The average Bonchev–Trinajstić information content (AvgIpc) is 1.78. The van der Waals surface area contributed by atoms with Crippen LogP contribution in [0, 0.1) is 5.92 Å². The van der Waals surface area contributed by atoms with E-state index < -0.39 is 0 Å². The molecule has 0 amide bonds. The predicted molar refractivity (Wildman–Crippen MR) is 39.1 cm³/mol. The largest absolute Gasteiger partial charge is 0.251 e. The van der Waals surface area contributed by atoms with Crippen LogP contribution >= 0.6 is 0 Å². The lowest BCUT2D eigenvalue weighted by atomic mass is 9.79. The van der Waals surface area contributed by atoms with Crippen molar-refractivity contribution >= 4 is 0 Å². The van der Waals surface area contributed by atoms with Gasteiger partial charge < -0.3 is 0 Å². The van der Waals surface area contributed by atoms with Gasteiger partial charge in [0.05, 0.1) is 0 Å². The number of hydrogen-bond acceptors (Lipinski definition) is 0. The third-order valence-corrected chi connectivity index (χ3v) is 2.38. The minimum Gasteiger partial charge on any atom is -0.251 e. The molecule has 1 fully saturated rings. The molecule has 0 saturated heterocycles. The van der Waals surface area contributed by atoms with Crippen molar-refractivity contribution in [3.8, 4) is 0 Å². The predicted octanol–water partition coefficient (Wildman–Crippen LogP) is 2.24. The second kappa shape index (κ2) is 2.30. The van der Waals surface area contributed by atoms with Gasteiger partial charge in [-0.1, -0.05) is 6.92 Å². The van der Waals surface area contributed by atoms with Gasteiger partial charge in [0.1, 0.15) is 0 Å². The summed E-state index contributed by atoms with van der Waals surface area (Å²) in [4.78, 5) is 0. The van der Waals surface area contributed by atoms with Gasteiger partial charge >= 0.3 is 0 Å². The summed E-state index contributed by atoms with van der Waals surface area (Å²) < 4.78 is 0. The molecule has 1 saturated carbocycles. The van der Waals surface area contributed by atoms with Gasteiger partial charge in [0.2, 0.25) is 0 Å². The molecule has 1 aliphatic rings. The maximum atomic E-state index is 7.72. The highest BCUT2D eigenvalue weighted by atomic mass is 14.7. The lowest BCUT2D eigenvalue weighted by molar-refractivity contribution is 0.256. The van der Waals surface area contributed by atoms with Gasteiger partial charge in [-0.2, -0.15) is 0 Å². The Hall–Kier alpha value is -0.0400. The molecule has 1 aliphatic carbocycles. The van der Waals surface area contributed by atoms with Gasteiger partial charge in [-0.25, -0.2) is 0 Å². The van der Waals surface area contributed by atoms with Gasteiger partial charge in [0.15, 0.2) is 0 Å². The first kappa shape index (κ1) is 7.07. The SMILES string of the molecule is CC1CCC(C)([NH])CC1. The van der Waals surface area contributed by atoms with Crippen molar-refractivity contribution in [2.24, 2.45) is 5.92 Å². The zero-order valence-corrected chi connectivity index (χ0v) is 6.41. The van der Waals surface area contributed by atoms with Crippen LogP contribution in [0.5, 0.6) is 0 Å². The Labute approximate surface area is 57.6 Å². The lowest BCUT2D eigenvalue weighted by Gasteiger charge is -2.31. The fraction of sp³-hybridized carbons (Fsp3) is 1.00. The lowest BCUT2D eigenvalue weighted by Crippen LogP contribution is -2.31. The first-order chi connectivity index (χ1) is 4.10. The number of hydrogen-bond donors (Lipinski definition) is 0. The highest BCUT2D eigenvalue weighted by Gasteiger charge is 2.25. The van der Waals surface area contributed by atoms with Crippen LogP contribution in [0.3, 0.4) is 0 Å². The van der Waals surface area contributed by atoms with Crippen LogP contribution in [0.15, 0.2) is 0 Å². The van der Waals surface area contributed by atoms with Crippen LogP contribution in [0.4, 0.5) is 0 Å². The van der Waals surface area contributed by atoms with E-state index in [1.165, 1.54) is 12.8 Å². The monoisotopic (exact) mass is 126 g/mol. The van der Waals surface area contributed by atoms with Crippen molar-refractivity contribution in [2.75, 3.05) is 0 Å². The molecule has 1 nitrogen and oxygen atoms in total. The van der Waals surface area contributed by atoms with Crippen LogP contribution in [-0.2, 0) is 0 Å². The van der Waals surface area contributed by atoms with Crippen LogP contribution < -0.4 is 5.73 Å². The summed E-state index contributed by atoms with van der Waals surface area (Å²) in [5.74, 6) is 0.878. The summed E-state index contributed by atoms with van der Waals surface area (Å²) >= 11 is 0. The topological polar surface area (TPSA) is 23.8 Å². The van der Waals surface area contributed by atoms with Crippen LogP contribution in [0.2, 0.25) is 0 Å². The van der Waals surface area contributed by atoms with Crippen molar-refractivity contribution < 1.29 is 0 Å². The molecule has 1 heteroatoms. The molecule has 0 aromatic rings. The van der Waals surface area contributed by atoms with Crippen molar-refractivity contribution in [3.63, 3.8) is 0 Å². The summed E-state index contributed by atoms with van der Waals surface area (Å²) in [6.45, 7) is 4.34. The Morgan fingerprint density at radius 2 is 1.78 bits per heavy atom. The van der Waals surface area contributed by atoms with Crippen molar-refractivity contribution in [2.45, 2.75) is 45.1 Å². The van der Waals surface area contributed by atoms with Crippen molar-refractivity contribution in [1.82, 2.24) is 5.73 Å². The van der Waals surface area contributed by atoms with Gasteiger partial charge in [0.25, 0.3) is 0 Å². The molecular weight excluding hydrogens is 110 g/mol. The summed E-state index contributed by atoms with van der Waals surface area (Å²) in [6.07, 6.45) is 4.74. The van der Waals surface area contributed by atoms with E-state index in [2.05, 4.69) is 13.8 Å². The minimum atomic E-state index is -0.0908. The van der Waals surface area contributed by atoms with E-state index in [0.717, 1.165) is 18.8 Å². The van der Waals surface area contributed by atoms with E-state index in [4.69, 9.17) is 5.73 Å². The van der Waals surface area contributed by atoms with Crippen molar-refractivity contribution in [3.05, 3.63) is 0 Å². The maximum Gasteiger partial charge on any atom is 0.0296 e. The maximum absolute atomic E-state index is 7.72. The molecule has 0 aliphatic heterocycles. The molecule has 9 heavy (non-hydrogen) atoms. The van der Waals surface area contributed by atoms with Gasteiger partial charge in [-0.05, 0) is 38.5 Å². The fourth-order valence-corrected chi connectivity index (χ4v) is 1.40. The molecule has 1 rings (SSSR count). The molecule has 0 aromatic carbocycles. The highest BCUT2D eigenvalue weighted by molar-refractivity contribution is 4.83. The molecule has 1 radical (unpaired) electrons. The zero-order chi connectivity index (χ0) is 6.91. The van der Waals surface area contributed by atoms with Crippen LogP contribution in [0.25, 0.3) is 0 Å². The summed E-state index contributed by atoms with van der Waals surface area (Å²) in [7, 11) is 0. The van der Waals surface area contributed by atoms with E-state index in [1.807, 2.05) is 0 Å². The van der Waals surface area contributed by atoms with Crippen LogP contribution in [-0.4, -0.2) is 5.54 Å². The van der Waals surface area contributed by atoms with Crippen LogP contribution in [0.1, 0.15) is 39.5 Å². The van der Waals surface area contributed by atoms with Gasteiger partial charge in [0, 0.05) is 5.54 Å². The fourth-order valence-electron chi connectivity index (χ4n) is 1.40. The smallest absolute Gasteiger partial charge is 0.0296 e. The molecule has 0 aromatic heterocycles. The van der Waals surface area contributed by atoms with Gasteiger partial charge in [-0.15, -0.1) is 0 Å². The van der Waals surface area contributed by atoms with E-state index in [0.29, 0.717) is 0 Å². The highest BCUT2D eigenvalue weighted by Crippen LogP contribution is 2.30. The normalized spacial score (nSPS) is 45.0. The summed E-state index contributed by atoms with van der Waals surface area (Å²) in [6, 6.07) is 0. The third kappa shape index (κ3) is 1.98. The summed E-state index contributed by atoms with van der Waals surface area (Å²) in [5.41, 5.74) is 7.63. The Bertz CT molecular complexity index is 86.7. The second-order valence-corrected chi connectivity index (χ2v) is 3.74. The van der Waals surface area contributed by atoms with E-state index in [9.17, 15) is 0 Å². The average molecular weight is 126 g/mol. The number of rotatable bonds is 0. The first-order valence-corrected chi connectivity index (χ1v) is 3.85. The molecule has 1 N–H and O–H groups in total. The van der Waals surface area contributed by atoms with Crippen molar-refractivity contribution in [1.29, 1.82) is 0 Å². The minimum absolute atomic E-state index is 0.0908. The molecule has 0 atom stereocenters. The molecule has 0 spiro atoms. The van der Waals surface area contributed by atoms with E-state index >= 15 is 0 Å². The molecule has 0 bridgehead atoms. The standard InChI is InChI=1S/C8H16N/c1-7-3-5-8(2,9)6-4-7/h7,9H,3-6H2,1-2H3. The van der Waals surface area contributed by atoms with E-state index in [1.54, 1.807) is 0 Å². The Morgan fingerprint density at radius 3 is 2.11 bits per heavy atom. The molecule has 0 unspecified atom stereocenters. The first-order valence-electron chi connectivity index (χ1n) is 3.85. The number of nitrogens with one attached hydrogen (secondary N) is 1. The zero-order valence-electron chi connectivity index (χ0n) is 6.41. The quantitative estimate of drug-likeness (QED) is 0.475. The Morgan fingerprint density at radius 1 is 1.33 bits per heavy atom. The third-order valence-electron chi connectivity index (χ3n) is 2.38. The summed E-state index contributed by atoms with van der Waals surface area (Å²) in [5, 5.41) is 0.